The van der Waals surface area contributed by atoms with Crippen LogP contribution in [0.4, 0.5) is 4.79 Å². The van der Waals surface area contributed by atoms with E-state index >= 15 is 0 Å². The lowest BCUT2D eigenvalue weighted by atomic mass is 10.1. The fourth-order valence-corrected chi connectivity index (χ4v) is 3.55. The van der Waals surface area contributed by atoms with Crippen LogP contribution in [0.5, 0.6) is 0 Å². The Hall–Kier alpha value is -2.83. The molecule has 1 aromatic carbocycles. The lowest BCUT2D eigenvalue weighted by Gasteiger charge is -2.22. The average Bonchev–Trinajstić information content (AvgIpc) is 3.34. The zero-order valence-corrected chi connectivity index (χ0v) is 15.3. The molecule has 1 fully saturated rings. The number of carbonyl (C=O) groups excluding carboxylic acids is 1. The van der Waals surface area contributed by atoms with E-state index < -0.39 is 0 Å². The Bertz CT molecular complexity index is 958. The molecule has 2 aromatic heterocycles. The Morgan fingerprint density at radius 1 is 1.38 bits per heavy atom. The molecule has 26 heavy (non-hydrogen) atoms. The minimum atomic E-state index is -0.102. The van der Waals surface area contributed by atoms with E-state index in [0.717, 1.165) is 46.7 Å². The Kier molecular flexibility index (Phi) is 4.14. The predicted octanol–water partition coefficient (Wildman–Crippen LogP) is 3.52. The summed E-state index contributed by atoms with van der Waals surface area (Å²) in [6.45, 7) is 7.11. The highest BCUT2D eigenvalue weighted by atomic mass is 16.5. The van der Waals surface area contributed by atoms with Crippen molar-refractivity contribution < 1.29 is 9.32 Å². The number of fused-ring (bicyclic) bond motifs is 1. The quantitative estimate of drug-likeness (QED) is 0.754. The smallest absolute Gasteiger partial charge is 0.318 e. The summed E-state index contributed by atoms with van der Waals surface area (Å²) in [5.41, 5.74) is 5.16. The van der Waals surface area contributed by atoms with Crippen molar-refractivity contribution in [3.63, 3.8) is 0 Å². The number of aromatic amines is 1. The number of H-pyrrole nitrogens is 1. The van der Waals surface area contributed by atoms with Gasteiger partial charge in [0.25, 0.3) is 0 Å². The van der Waals surface area contributed by atoms with E-state index in [0.29, 0.717) is 13.1 Å². The van der Waals surface area contributed by atoms with E-state index in [-0.39, 0.29) is 12.1 Å². The topological polar surface area (TPSA) is 87.0 Å². The fourth-order valence-electron chi connectivity index (χ4n) is 3.55. The van der Waals surface area contributed by atoms with Crippen LogP contribution in [0.25, 0.3) is 11.0 Å². The molecule has 1 aliphatic heterocycles. The van der Waals surface area contributed by atoms with Crippen LogP contribution in [0, 0.1) is 20.8 Å². The van der Waals surface area contributed by atoms with Crippen molar-refractivity contribution >= 4 is 17.1 Å². The Balaban J connectivity index is 1.46. The van der Waals surface area contributed by atoms with Crippen LogP contribution in [0.2, 0.25) is 0 Å². The van der Waals surface area contributed by atoms with Crippen molar-refractivity contribution in [2.24, 2.45) is 0 Å². The number of rotatable bonds is 3. The molecule has 2 N–H and O–H groups in total. The summed E-state index contributed by atoms with van der Waals surface area (Å²) in [6, 6.07) is 5.86. The van der Waals surface area contributed by atoms with Gasteiger partial charge in [-0.25, -0.2) is 9.78 Å². The SMILES string of the molecule is Cc1cc([C@H]2CCCN2C(=O)NCc2nc3c(C)c(C)ccc3[nH]2)on1. The number of urea groups is 1. The first-order valence-corrected chi connectivity index (χ1v) is 8.95. The molecule has 1 saturated heterocycles. The number of benzene rings is 1. The number of aryl methyl sites for hydroxylation is 3. The molecule has 0 bridgehead atoms. The summed E-state index contributed by atoms with van der Waals surface area (Å²) < 4.78 is 5.37. The minimum Gasteiger partial charge on any atom is -0.359 e. The molecule has 1 aliphatic rings. The van der Waals surface area contributed by atoms with Gasteiger partial charge in [-0.3, -0.25) is 0 Å². The van der Waals surface area contributed by atoms with Crippen LogP contribution in [0.3, 0.4) is 0 Å². The third-order valence-corrected chi connectivity index (χ3v) is 5.12. The standard InChI is InChI=1S/C19H23N5O2/c1-11-6-7-14-18(13(11)3)22-17(21-14)10-20-19(25)24-8-4-5-15(24)16-9-12(2)23-26-16/h6-7,9,15H,4-5,8,10H2,1-3H3,(H,20,25)(H,21,22)/t15-/m1/s1. The number of likely N-dealkylation sites (tertiary alicyclic amines) is 1. The molecule has 4 rings (SSSR count). The Labute approximate surface area is 151 Å². The van der Waals surface area contributed by atoms with Crippen LogP contribution in [-0.4, -0.2) is 32.6 Å². The number of nitrogens with one attached hydrogen (secondary N) is 2. The number of hydrogen-bond donors (Lipinski definition) is 2. The molecule has 2 amide bonds. The zero-order valence-electron chi connectivity index (χ0n) is 15.3. The van der Waals surface area contributed by atoms with E-state index in [1.54, 1.807) is 0 Å². The second kappa shape index (κ2) is 6.48. The van der Waals surface area contributed by atoms with E-state index in [1.807, 2.05) is 24.0 Å². The molecule has 0 radical (unpaired) electrons. The average molecular weight is 353 g/mol. The highest BCUT2D eigenvalue weighted by molar-refractivity contribution is 5.80. The molecule has 3 aromatic rings. The summed E-state index contributed by atoms with van der Waals surface area (Å²) >= 11 is 0. The van der Waals surface area contributed by atoms with E-state index in [9.17, 15) is 4.79 Å². The van der Waals surface area contributed by atoms with Gasteiger partial charge in [0.1, 0.15) is 5.82 Å². The maximum atomic E-state index is 12.7. The number of aromatic nitrogens is 3. The first-order valence-electron chi connectivity index (χ1n) is 8.95. The summed E-state index contributed by atoms with van der Waals surface area (Å²) in [5.74, 6) is 1.51. The molecular weight excluding hydrogens is 330 g/mol. The molecule has 0 unspecified atom stereocenters. The van der Waals surface area contributed by atoms with Gasteiger partial charge in [0.2, 0.25) is 0 Å². The zero-order chi connectivity index (χ0) is 18.3. The van der Waals surface area contributed by atoms with Gasteiger partial charge >= 0.3 is 6.03 Å². The van der Waals surface area contributed by atoms with Crippen LogP contribution in [0.15, 0.2) is 22.7 Å². The van der Waals surface area contributed by atoms with Gasteiger partial charge in [0, 0.05) is 12.6 Å². The van der Waals surface area contributed by atoms with Gasteiger partial charge < -0.3 is 19.7 Å². The van der Waals surface area contributed by atoms with Crippen LogP contribution >= 0.6 is 0 Å². The molecule has 0 aliphatic carbocycles. The number of hydrogen-bond acceptors (Lipinski definition) is 4. The third kappa shape index (κ3) is 2.94. The first kappa shape index (κ1) is 16.6. The predicted molar refractivity (Wildman–Crippen MR) is 97.7 cm³/mol. The van der Waals surface area contributed by atoms with E-state index in [4.69, 9.17) is 4.52 Å². The number of carbonyl (C=O) groups is 1. The Morgan fingerprint density at radius 3 is 3.00 bits per heavy atom. The first-order chi connectivity index (χ1) is 12.5. The number of nitrogens with zero attached hydrogens (tertiary/aromatic N) is 3. The fraction of sp³-hybridized carbons (Fsp3) is 0.421. The van der Waals surface area contributed by atoms with Crippen molar-refractivity contribution in [3.8, 4) is 0 Å². The van der Waals surface area contributed by atoms with Crippen molar-refractivity contribution in [1.82, 2.24) is 25.3 Å². The lowest BCUT2D eigenvalue weighted by molar-refractivity contribution is 0.181. The van der Waals surface area contributed by atoms with Gasteiger partial charge in [-0.2, -0.15) is 0 Å². The molecular formula is C19H23N5O2. The normalized spacial score (nSPS) is 17.2. The second-order valence-electron chi connectivity index (χ2n) is 6.97. The van der Waals surface area contributed by atoms with Crippen molar-refractivity contribution in [3.05, 3.63) is 46.6 Å². The van der Waals surface area contributed by atoms with E-state index in [1.165, 1.54) is 5.56 Å². The van der Waals surface area contributed by atoms with Gasteiger partial charge in [0.15, 0.2) is 5.76 Å². The number of amides is 2. The highest BCUT2D eigenvalue weighted by Gasteiger charge is 2.32. The summed E-state index contributed by atoms with van der Waals surface area (Å²) in [7, 11) is 0. The summed E-state index contributed by atoms with van der Waals surface area (Å²) in [6.07, 6.45) is 1.85. The maximum Gasteiger partial charge on any atom is 0.318 e. The monoisotopic (exact) mass is 353 g/mol. The molecule has 136 valence electrons. The summed E-state index contributed by atoms with van der Waals surface area (Å²) in [5, 5.41) is 6.91. The highest BCUT2D eigenvalue weighted by Crippen LogP contribution is 2.32. The molecule has 3 heterocycles. The van der Waals surface area contributed by atoms with Crippen LogP contribution in [0.1, 0.15) is 47.3 Å². The van der Waals surface area contributed by atoms with E-state index in [2.05, 4.69) is 40.4 Å². The van der Waals surface area contributed by atoms with Crippen molar-refractivity contribution in [2.75, 3.05) is 6.54 Å². The van der Waals surface area contributed by atoms with Crippen molar-refractivity contribution in [1.29, 1.82) is 0 Å². The minimum absolute atomic E-state index is 0.0447. The molecule has 0 spiro atoms. The van der Waals surface area contributed by atoms with Gasteiger partial charge in [-0.1, -0.05) is 11.2 Å². The van der Waals surface area contributed by atoms with Crippen molar-refractivity contribution in [2.45, 2.75) is 46.2 Å². The number of imidazole rings is 1. The Morgan fingerprint density at radius 2 is 2.23 bits per heavy atom. The van der Waals surface area contributed by atoms with Gasteiger partial charge in [-0.05, 0) is 50.8 Å². The third-order valence-electron chi connectivity index (χ3n) is 5.12. The molecule has 1 atom stereocenters. The van der Waals surface area contributed by atoms with Crippen LogP contribution < -0.4 is 5.32 Å². The molecule has 7 heteroatoms. The molecule has 7 nitrogen and oxygen atoms in total. The second-order valence-corrected chi connectivity index (χ2v) is 6.97. The maximum absolute atomic E-state index is 12.7. The molecule has 0 saturated carbocycles. The lowest BCUT2D eigenvalue weighted by Crippen LogP contribution is -2.39. The van der Waals surface area contributed by atoms with Gasteiger partial charge in [-0.15, -0.1) is 0 Å². The van der Waals surface area contributed by atoms with Crippen LogP contribution in [-0.2, 0) is 6.54 Å². The van der Waals surface area contributed by atoms with Gasteiger partial charge in [0.05, 0.1) is 29.3 Å². The summed E-state index contributed by atoms with van der Waals surface area (Å²) in [4.78, 5) is 22.4. The largest absolute Gasteiger partial charge is 0.359 e.